The van der Waals surface area contributed by atoms with Gasteiger partial charge in [-0.25, -0.2) is 13.2 Å². The SMILES string of the molecule is Cc1cc(C(=O)O)cc(C(=O)N2CCCC(S(=O)(=O)N3CCOCC3)C2)c1. The van der Waals surface area contributed by atoms with E-state index in [1.165, 1.54) is 21.3 Å². The van der Waals surface area contributed by atoms with E-state index in [-0.39, 0.29) is 23.6 Å². The second-order valence-electron chi connectivity index (χ2n) is 6.96. The van der Waals surface area contributed by atoms with Gasteiger partial charge in [-0.3, -0.25) is 4.79 Å². The average molecular weight is 396 g/mol. The lowest BCUT2D eigenvalue weighted by Gasteiger charge is -2.36. The fraction of sp³-hybridized carbons (Fsp3) is 0.556. The van der Waals surface area contributed by atoms with Crippen molar-refractivity contribution in [2.45, 2.75) is 25.0 Å². The van der Waals surface area contributed by atoms with Gasteiger partial charge in [0, 0.05) is 31.7 Å². The quantitative estimate of drug-likeness (QED) is 0.813. The zero-order chi connectivity index (χ0) is 19.6. The Morgan fingerprint density at radius 1 is 1.11 bits per heavy atom. The Hall–Kier alpha value is -1.97. The molecule has 1 aromatic rings. The standard InChI is InChI=1S/C18H24N2O6S/c1-13-9-14(11-15(10-13)18(22)23)17(21)19-4-2-3-16(12-19)27(24,25)20-5-7-26-8-6-20/h9-11,16H,2-8,12H2,1H3,(H,22,23). The van der Waals surface area contributed by atoms with Crippen molar-refractivity contribution in [3.05, 3.63) is 34.9 Å². The van der Waals surface area contributed by atoms with Crippen molar-refractivity contribution in [1.82, 2.24) is 9.21 Å². The number of benzene rings is 1. The van der Waals surface area contributed by atoms with Gasteiger partial charge in [0.2, 0.25) is 10.0 Å². The summed E-state index contributed by atoms with van der Waals surface area (Å²) in [4.78, 5) is 25.6. The number of piperidine rings is 1. The summed E-state index contributed by atoms with van der Waals surface area (Å²) < 4.78 is 32.5. The van der Waals surface area contributed by atoms with Crippen LogP contribution in [-0.2, 0) is 14.8 Å². The second-order valence-corrected chi connectivity index (χ2v) is 9.18. The number of morpholine rings is 1. The van der Waals surface area contributed by atoms with Gasteiger partial charge >= 0.3 is 5.97 Å². The van der Waals surface area contributed by atoms with Gasteiger partial charge in [0.1, 0.15) is 0 Å². The van der Waals surface area contributed by atoms with Crippen LogP contribution in [0.25, 0.3) is 0 Å². The molecule has 2 aliphatic rings. The molecule has 9 heteroatoms. The number of aromatic carboxylic acids is 1. The molecule has 0 saturated carbocycles. The van der Waals surface area contributed by atoms with Crippen molar-refractivity contribution in [3.63, 3.8) is 0 Å². The minimum absolute atomic E-state index is 0.0489. The minimum Gasteiger partial charge on any atom is -0.478 e. The van der Waals surface area contributed by atoms with Crippen molar-refractivity contribution in [2.75, 3.05) is 39.4 Å². The molecule has 1 atom stereocenters. The number of carbonyl (C=O) groups is 2. The maximum absolute atomic E-state index is 12.9. The number of carboxylic acid groups (broad SMARTS) is 1. The Kier molecular flexibility index (Phi) is 5.83. The Bertz CT molecular complexity index is 832. The number of hydrogen-bond donors (Lipinski definition) is 1. The van der Waals surface area contributed by atoms with Crippen LogP contribution in [0.3, 0.4) is 0 Å². The van der Waals surface area contributed by atoms with Crippen LogP contribution in [0.1, 0.15) is 39.1 Å². The predicted molar refractivity (Wildman–Crippen MR) is 98.4 cm³/mol. The van der Waals surface area contributed by atoms with Gasteiger partial charge in [0.25, 0.3) is 5.91 Å². The maximum Gasteiger partial charge on any atom is 0.335 e. The highest BCUT2D eigenvalue weighted by Gasteiger charge is 2.37. The van der Waals surface area contributed by atoms with E-state index < -0.39 is 21.2 Å². The van der Waals surface area contributed by atoms with Crippen LogP contribution in [0.15, 0.2) is 18.2 Å². The molecule has 0 aliphatic carbocycles. The van der Waals surface area contributed by atoms with Crippen LogP contribution in [0.5, 0.6) is 0 Å². The fourth-order valence-corrected chi connectivity index (χ4v) is 5.50. The summed E-state index contributed by atoms with van der Waals surface area (Å²) in [5, 5.41) is 8.56. The van der Waals surface area contributed by atoms with Crippen molar-refractivity contribution < 1.29 is 27.9 Å². The molecule has 1 unspecified atom stereocenters. The van der Waals surface area contributed by atoms with E-state index in [2.05, 4.69) is 0 Å². The lowest BCUT2D eigenvalue weighted by Crippen LogP contribution is -2.51. The highest BCUT2D eigenvalue weighted by molar-refractivity contribution is 7.89. The van der Waals surface area contributed by atoms with E-state index in [4.69, 9.17) is 4.74 Å². The van der Waals surface area contributed by atoms with Gasteiger partial charge in [-0.2, -0.15) is 4.31 Å². The smallest absolute Gasteiger partial charge is 0.335 e. The first-order valence-electron chi connectivity index (χ1n) is 9.00. The first-order chi connectivity index (χ1) is 12.8. The van der Waals surface area contributed by atoms with Crippen molar-refractivity contribution in [1.29, 1.82) is 0 Å². The van der Waals surface area contributed by atoms with E-state index in [0.717, 1.165) is 0 Å². The maximum atomic E-state index is 12.9. The van der Waals surface area contributed by atoms with Crippen LogP contribution in [0.4, 0.5) is 0 Å². The summed E-state index contributed by atoms with van der Waals surface area (Å²) in [6, 6.07) is 4.48. The van der Waals surface area contributed by atoms with Crippen molar-refractivity contribution in [3.8, 4) is 0 Å². The fourth-order valence-electron chi connectivity index (χ4n) is 3.59. The third kappa shape index (κ3) is 4.31. The summed E-state index contributed by atoms with van der Waals surface area (Å²) in [5.41, 5.74) is 0.998. The number of nitrogens with zero attached hydrogens (tertiary/aromatic N) is 2. The zero-order valence-corrected chi connectivity index (χ0v) is 16.1. The molecule has 8 nitrogen and oxygen atoms in total. The van der Waals surface area contributed by atoms with Crippen LogP contribution in [-0.4, -0.2) is 79.2 Å². The summed E-state index contributed by atoms with van der Waals surface area (Å²) in [6.45, 7) is 3.76. The van der Waals surface area contributed by atoms with E-state index in [1.54, 1.807) is 13.0 Å². The number of carbonyl (C=O) groups excluding carboxylic acids is 1. The van der Waals surface area contributed by atoms with Crippen LogP contribution in [0, 0.1) is 6.92 Å². The second kappa shape index (κ2) is 7.95. The van der Waals surface area contributed by atoms with Crippen LogP contribution >= 0.6 is 0 Å². The molecule has 2 heterocycles. The highest BCUT2D eigenvalue weighted by atomic mass is 32.2. The zero-order valence-electron chi connectivity index (χ0n) is 15.3. The number of ether oxygens (including phenoxy) is 1. The van der Waals surface area contributed by atoms with E-state index in [9.17, 15) is 23.1 Å². The molecule has 1 aromatic carbocycles. The first kappa shape index (κ1) is 19.8. The molecule has 2 saturated heterocycles. The van der Waals surface area contributed by atoms with Gasteiger partial charge in [-0.15, -0.1) is 0 Å². The number of hydrogen-bond acceptors (Lipinski definition) is 5. The van der Waals surface area contributed by atoms with Crippen LogP contribution < -0.4 is 0 Å². The largest absolute Gasteiger partial charge is 0.478 e. The Labute approximate surface area is 158 Å². The topological polar surface area (TPSA) is 104 Å². The summed E-state index contributed by atoms with van der Waals surface area (Å²) in [6.07, 6.45) is 1.11. The minimum atomic E-state index is -3.50. The number of rotatable bonds is 4. The molecule has 0 aromatic heterocycles. The number of amides is 1. The van der Waals surface area contributed by atoms with Gasteiger partial charge in [-0.05, 0) is 43.5 Å². The summed E-state index contributed by atoms with van der Waals surface area (Å²) in [7, 11) is -3.50. The highest BCUT2D eigenvalue weighted by Crippen LogP contribution is 2.23. The molecule has 1 amide bonds. The van der Waals surface area contributed by atoms with Crippen LogP contribution in [0.2, 0.25) is 0 Å². The molecule has 3 rings (SSSR count). The molecule has 0 bridgehead atoms. The number of aryl methyl sites for hydroxylation is 1. The lowest BCUT2D eigenvalue weighted by molar-refractivity contribution is 0.0685. The third-order valence-corrected chi connectivity index (χ3v) is 7.30. The van der Waals surface area contributed by atoms with E-state index in [1.807, 2.05) is 0 Å². The summed E-state index contributed by atoms with van der Waals surface area (Å²) >= 11 is 0. The molecular weight excluding hydrogens is 372 g/mol. The number of sulfonamides is 1. The first-order valence-corrected chi connectivity index (χ1v) is 10.5. The molecule has 2 fully saturated rings. The van der Waals surface area contributed by atoms with Gasteiger partial charge in [0.05, 0.1) is 24.0 Å². The normalized spacial score (nSPS) is 21.8. The molecule has 1 N–H and O–H groups in total. The average Bonchev–Trinajstić information content (AvgIpc) is 2.67. The lowest BCUT2D eigenvalue weighted by atomic mass is 10.0. The number of likely N-dealkylation sites (tertiary alicyclic amines) is 1. The Morgan fingerprint density at radius 2 is 1.78 bits per heavy atom. The van der Waals surface area contributed by atoms with Crippen molar-refractivity contribution in [2.24, 2.45) is 0 Å². The Morgan fingerprint density at radius 3 is 2.44 bits per heavy atom. The summed E-state index contributed by atoms with van der Waals surface area (Å²) in [5.74, 6) is -1.43. The molecule has 0 radical (unpaired) electrons. The van der Waals surface area contributed by atoms with Gasteiger partial charge in [0.15, 0.2) is 0 Å². The molecule has 27 heavy (non-hydrogen) atoms. The number of carboxylic acids is 1. The predicted octanol–water partition coefficient (Wildman–Crippen LogP) is 0.960. The molecule has 148 valence electrons. The van der Waals surface area contributed by atoms with E-state index in [0.29, 0.717) is 51.3 Å². The Balaban J connectivity index is 1.78. The third-order valence-electron chi connectivity index (χ3n) is 4.99. The van der Waals surface area contributed by atoms with Crippen molar-refractivity contribution >= 4 is 21.9 Å². The molecule has 2 aliphatic heterocycles. The van der Waals surface area contributed by atoms with E-state index >= 15 is 0 Å². The molecule has 0 spiro atoms. The van der Waals surface area contributed by atoms with Gasteiger partial charge < -0.3 is 14.7 Å². The molecular formula is C18H24N2O6S. The van der Waals surface area contributed by atoms with Gasteiger partial charge in [-0.1, -0.05) is 0 Å². The monoisotopic (exact) mass is 396 g/mol.